The van der Waals surface area contributed by atoms with Gasteiger partial charge in [0.2, 0.25) is 0 Å². The Labute approximate surface area is 176 Å². The van der Waals surface area contributed by atoms with Crippen molar-refractivity contribution < 1.29 is 30.4 Å². The molecule has 0 aliphatic heterocycles. The third kappa shape index (κ3) is 4.03. The van der Waals surface area contributed by atoms with Gasteiger partial charge < -0.3 is 4.74 Å². The highest BCUT2D eigenvalue weighted by molar-refractivity contribution is 7.92. The lowest BCUT2D eigenvalue weighted by Crippen LogP contribution is -2.47. The van der Waals surface area contributed by atoms with E-state index < -0.39 is 44.3 Å². The number of H-pyrrole nitrogens is 1. The summed E-state index contributed by atoms with van der Waals surface area (Å²) in [6.07, 6.45) is 0. The average Bonchev–Trinajstić information content (AvgIpc) is 2.68. The van der Waals surface area contributed by atoms with E-state index in [9.17, 15) is 36.0 Å². The second kappa shape index (κ2) is 7.58. The minimum atomic E-state index is -5.52. The van der Waals surface area contributed by atoms with Crippen LogP contribution in [0.5, 0.6) is 11.5 Å². The number of hydrogen-bond donors (Lipinski definition) is 1. The first-order valence-electron chi connectivity index (χ1n) is 9.73. The third-order valence-electron chi connectivity index (χ3n) is 4.09. The van der Waals surface area contributed by atoms with Crippen molar-refractivity contribution >= 4 is 9.84 Å². The Morgan fingerprint density at radius 2 is 1.68 bits per heavy atom. The van der Waals surface area contributed by atoms with Gasteiger partial charge in [0.05, 0.1) is 10.6 Å². The fourth-order valence-electron chi connectivity index (χ4n) is 2.54. The molecule has 0 aliphatic rings. The van der Waals surface area contributed by atoms with Gasteiger partial charge in [0.25, 0.3) is 9.84 Å². The van der Waals surface area contributed by atoms with Crippen molar-refractivity contribution in [3.8, 4) is 17.2 Å². The summed E-state index contributed by atoms with van der Waals surface area (Å²) in [4.78, 5) is 37.2. The van der Waals surface area contributed by atoms with Crippen LogP contribution in [0.15, 0.2) is 61.7 Å². The summed E-state index contributed by atoms with van der Waals surface area (Å²) in [6, 6.07) is 7.21. The first kappa shape index (κ1) is 18.2. The minimum absolute atomic E-state index is 0.0112. The van der Waals surface area contributed by atoms with E-state index in [1.165, 1.54) is 25.1 Å². The summed E-state index contributed by atoms with van der Waals surface area (Å²) >= 11 is 0. The van der Waals surface area contributed by atoms with Gasteiger partial charge in [0, 0.05) is 11.1 Å². The Morgan fingerprint density at radius 3 is 2.23 bits per heavy atom. The molecule has 0 aliphatic carbocycles. The van der Waals surface area contributed by atoms with Crippen LogP contribution in [-0.2, 0) is 16.8 Å². The van der Waals surface area contributed by atoms with Crippen LogP contribution >= 0.6 is 0 Å². The highest BCUT2D eigenvalue weighted by Crippen LogP contribution is 2.32. The molecule has 0 amide bonds. The molecule has 1 aromatic heterocycles. The Morgan fingerprint density at radius 1 is 1.03 bits per heavy atom. The van der Waals surface area contributed by atoms with E-state index in [1.54, 1.807) is 4.98 Å². The second-order valence-electron chi connectivity index (χ2n) is 6.16. The van der Waals surface area contributed by atoms with Crippen LogP contribution < -0.4 is 21.8 Å². The van der Waals surface area contributed by atoms with Crippen molar-refractivity contribution in [1.29, 1.82) is 0 Å². The van der Waals surface area contributed by atoms with Crippen LogP contribution in [0.4, 0.5) is 13.2 Å². The fraction of sp³-hybridized carbons (Fsp3) is 0.167. The highest BCUT2D eigenvalue weighted by Gasteiger charge is 2.46. The highest BCUT2D eigenvalue weighted by atomic mass is 32.2. The van der Waals surface area contributed by atoms with Crippen molar-refractivity contribution in [2.45, 2.75) is 17.3 Å². The van der Waals surface area contributed by atoms with Gasteiger partial charge in [-0.3, -0.25) is 4.98 Å². The number of halogens is 3. The molecular weight excluding hydrogens is 443 g/mol. The van der Waals surface area contributed by atoms with Gasteiger partial charge in [-0.1, -0.05) is 0 Å². The maximum absolute atomic E-state index is 12.6. The predicted molar refractivity (Wildman–Crippen MR) is 102 cm³/mol. The average molecular weight is 460 g/mol. The van der Waals surface area contributed by atoms with E-state index >= 15 is 0 Å². The van der Waals surface area contributed by atoms with Crippen LogP contribution in [-0.4, -0.2) is 28.0 Å². The van der Waals surface area contributed by atoms with Crippen LogP contribution in [0.1, 0.15) is 9.68 Å². The minimum Gasteiger partial charge on any atom is -0.457 e. The lowest BCUT2D eigenvalue weighted by Gasteiger charge is -2.12. The Balaban J connectivity index is 1.97. The van der Waals surface area contributed by atoms with Gasteiger partial charge in [0.1, 0.15) is 11.5 Å². The Bertz CT molecular complexity index is 1540. The van der Waals surface area contributed by atoms with Crippen LogP contribution in [0.25, 0.3) is 5.69 Å². The molecule has 0 atom stereocenters. The van der Waals surface area contributed by atoms with Crippen LogP contribution in [0.2, 0.25) is 0 Å². The molecule has 0 unspecified atom stereocenters. The molecule has 0 saturated carbocycles. The molecular formula is C18H14F3N3O6S. The molecule has 0 radical (unpaired) electrons. The number of sulfone groups is 1. The zero-order valence-electron chi connectivity index (χ0n) is 18.4. The monoisotopic (exact) mass is 460 g/mol. The van der Waals surface area contributed by atoms with Crippen LogP contribution in [0, 0.1) is 6.92 Å². The van der Waals surface area contributed by atoms with E-state index in [0.29, 0.717) is 10.1 Å². The topological polar surface area (TPSA) is 120 Å². The standard InChI is InChI=1S/C18H14F3N3O6S/c1-10-9-11(24-16(26)22-15(25)23(2)17(24)27)3-8-14(10)30-12-4-6-13(7-5-12)31(28,29)18(19,20)21/h3-9H,1-2H3,(H,22,25,26)/i2D3. The number of nitrogens with one attached hydrogen (secondary N) is 1. The van der Waals surface area contributed by atoms with Crippen molar-refractivity contribution in [2.75, 3.05) is 0 Å². The van der Waals surface area contributed by atoms with Crippen LogP contribution in [0.3, 0.4) is 0 Å². The molecule has 0 fully saturated rings. The van der Waals surface area contributed by atoms with Gasteiger partial charge in [-0.15, -0.1) is 0 Å². The van der Waals surface area contributed by atoms with Crippen molar-refractivity contribution in [3.63, 3.8) is 0 Å². The summed E-state index contributed by atoms with van der Waals surface area (Å²) in [5, 5.41) is 0. The van der Waals surface area contributed by atoms with Gasteiger partial charge in [-0.2, -0.15) is 13.2 Å². The number of aromatic nitrogens is 3. The van der Waals surface area contributed by atoms with Gasteiger partial charge in [-0.05, 0) is 55.0 Å². The number of rotatable bonds is 4. The number of aryl methyl sites for hydroxylation is 1. The molecule has 3 aromatic rings. The predicted octanol–water partition coefficient (Wildman–Crippen LogP) is 1.62. The molecule has 2 aromatic carbocycles. The summed E-state index contributed by atoms with van der Waals surface area (Å²) < 4.78 is 88.6. The Kier molecular flexibility index (Phi) is 4.44. The smallest absolute Gasteiger partial charge is 0.457 e. The number of hydrogen-bond acceptors (Lipinski definition) is 6. The van der Waals surface area contributed by atoms with E-state index in [1.807, 2.05) is 0 Å². The number of benzene rings is 2. The zero-order valence-corrected chi connectivity index (χ0v) is 16.2. The van der Waals surface area contributed by atoms with Gasteiger partial charge in [-0.25, -0.2) is 31.9 Å². The van der Waals surface area contributed by atoms with E-state index in [-0.39, 0.29) is 21.8 Å². The second-order valence-corrected chi connectivity index (χ2v) is 8.10. The molecule has 164 valence electrons. The van der Waals surface area contributed by atoms with E-state index in [0.717, 1.165) is 24.3 Å². The summed E-state index contributed by atoms with van der Waals surface area (Å²) in [5.74, 6) is 0.117. The van der Waals surface area contributed by atoms with Crippen molar-refractivity contribution in [2.24, 2.45) is 6.98 Å². The van der Waals surface area contributed by atoms with Gasteiger partial charge in [0.15, 0.2) is 0 Å². The maximum atomic E-state index is 12.6. The molecule has 9 nitrogen and oxygen atoms in total. The SMILES string of the molecule is [2H]C([2H])([2H])n1c(=O)[nH]c(=O)n(-c2ccc(Oc3ccc(S(=O)(=O)C(F)(F)F)cc3)c(C)c2)c1=O. The number of alkyl halides is 3. The third-order valence-corrected chi connectivity index (χ3v) is 5.59. The lowest BCUT2D eigenvalue weighted by atomic mass is 10.2. The number of ether oxygens (including phenoxy) is 1. The quantitative estimate of drug-likeness (QED) is 0.632. The van der Waals surface area contributed by atoms with Gasteiger partial charge >= 0.3 is 22.6 Å². The summed E-state index contributed by atoms with van der Waals surface area (Å²) in [7, 11) is -5.52. The molecule has 3 rings (SSSR count). The zero-order chi connectivity index (χ0) is 25.6. The normalized spacial score (nSPS) is 13.9. The molecule has 1 heterocycles. The molecule has 1 N–H and O–H groups in total. The summed E-state index contributed by atoms with van der Waals surface area (Å²) in [5.41, 5.74) is -9.23. The van der Waals surface area contributed by atoms with Crippen molar-refractivity contribution in [3.05, 3.63) is 79.5 Å². The Hall–Kier alpha value is -3.61. The fourth-order valence-corrected chi connectivity index (χ4v) is 3.30. The summed E-state index contributed by atoms with van der Waals surface area (Å²) in [6.45, 7) is -1.66. The number of aromatic amines is 1. The molecule has 31 heavy (non-hydrogen) atoms. The molecule has 13 heteroatoms. The lowest BCUT2D eigenvalue weighted by molar-refractivity contribution is -0.0436. The first-order valence-corrected chi connectivity index (χ1v) is 9.71. The molecule has 0 spiro atoms. The molecule has 0 saturated heterocycles. The van der Waals surface area contributed by atoms with E-state index in [4.69, 9.17) is 8.85 Å². The number of nitrogens with zero attached hydrogens (tertiary/aromatic N) is 2. The molecule has 0 bridgehead atoms. The van der Waals surface area contributed by atoms with E-state index in [2.05, 4.69) is 0 Å². The van der Waals surface area contributed by atoms with Crippen molar-refractivity contribution in [1.82, 2.24) is 14.1 Å². The first-order chi connectivity index (χ1) is 15.5. The largest absolute Gasteiger partial charge is 0.501 e. The maximum Gasteiger partial charge on any atom is 0.501 e.